The van der Waals surface area contributed by atoms with E-state index in [1.54, 1.807) is 0 Å². The predicted octanol–water partition coefficient (Wildman–Crippen LogP) is 2.21. The van der Waals surface area contributed by atoms with Gasteiger partial charge in [-0.1, -0.05) is 18.6 Å². The lowest BCUT2D eigenvalue weighted by Gasteiger charge is -2.25. The van der Waals surface area contributed by atoms with Crippen LogP contribution in [-0.4, -0.2) is 58.0 Å². The highest BCUT2D eigenvalue weighted by Crippen LogP contribution is 2.25. The van der Waals surface area contributed by atoms with E-state index in [0.717, 1.165) is 19.3 Å². The van der Waals surface area contributed by atoms with Crippen LogP contribution in [0.4, 0.5) is 8.78 Å². The third-order valence-corrected chi connectivity index (χ3v) is 6.08. The summed E-state index contributed by atoms with van der Waals surface area (Å²) in [5.74, 6) is 0.747. The highest BCUT2D eigenvalue weighted by molar-refractivity contribution is 14.0. The molecule has 0 aromatic heterocycles. The maximum Gasteiger partial charge on any atom is 0.387 e. The van der Waals surface area contributed by atoms with Crippen LogP contribution < -0.4 is 20.1 Å². The van der Waals surface area contributed by atoms with Crippen molar-refractivity contribution in [1.29, 1.82) is 0 Å². The molecule has 178 valence electrons. The number of nitrogens with zero attached hydrogens (tertiary/aromatic N) is 1. The molecular formula is C19H31F2IN4O4S. The second kappa shape index (κ2) is 14.0. The van der Waals surface area contributed by atoms with Crippen molar-refractivity contribution in [1.82, 2.24) is 15.4 Å². The molecule has 12 heteroatoms. The van der Waals surface area contributed by atoms with Gasteiger partial charge in [-0.15, -0.1) is 24.0 Å². The number of aliphatic imine (C=N–C) groups is 1. The van der Waals surface area contributed by atoms with Crippen LogP contribution in [0.3, 0.4) is 0 Å². The van der Waals surface area contributed by atoms with Gasteiger partial charge in [0.15, 0.2) is 5.96 Å². The minimum absolute atomic E-state index is 0. The van der Waals surface area contributed by atoms with Crippen LogP contribution in [-0.2, 0) is 10.0 Å². The molecule has 0 aliphatic heterocycles. The van der Waals surface area contributed by atoms with E-state index in [0.29, 0.717) is 30.5 Å². The smallest absolute Gasteiger partial charge is 0.387 e. The molecule has 1 saturated carbocycles. The number of benzene rings is 1. The number of sulfonamides is 1. The Balaban J connectivity index is 0.00000480. The first-order chi connectivity index (χ1) is 14.3. The summed E-state index contributed by atoms with van der Waals surface area (Å²) in [4.78, 5) is 4.25. The SMILES string of the molecule is CCNC(=NCC(O)c1ccc(OC(F)F)cc1)NCCS(=O)(=O)NCC1CCC1.I. The molecule has 1 fully saturated rings. The Morgan fingerprint density at radius 2 is 1.94 bits per heavy atom. The topological polar surface area (TPSA) is 112 Å². The third kappa shape index (κ3) is 10.7. The van der Waals surface area contributed by atoms with Gasteiger partial charge in [-0.3, -0.25) is 4.99 Å². The zero-order chi connectivity index (χ0) is 22.0. The molecule has 1 aliphatic carbocycles. The largest absolute Gasteiger partial charge is 0.435 e. The summed E-state index contributed by atoms with van der Waals surface area (Å²) >= 11 is 0. The Labute approximate surface area is 199 Å². The van der Waals surface area contributed by atoms with Crippen molar-refractivity contribution >= 4 is 40.0 Å². The highest BCUT2D eigenvalue weighted by atomic mass is 127. The highest BCUT2D eigenvalue weighted by Gasteiger charge is 2.20. The zero-order valence-corrected chi connectivity index (χ0v) is 20.5. The Morgan fingerprint density at radius 3 is 2.48 bits per heavy atom. The van der Waals surface area contributed by atoms with Gasteiger partial charge in [-0.25, -0.2) is 13.1 Å². The molecular weight excluding hydrogens is 545 g/mol. The van der Waals surface area contributed by atoms with Crippen LogP contribution in [0.5, 0.6) is 5.75 Å². The Morgan fingerprint density at radius 1 is 1.26 bits per heavy atom. The van der Waals surface area contributed by atoms with E-state index in [-0.39, 0.29) is 48.6 Å². The maximum absolute atomic E-state index is 12.2. The molecule has 31 heavy (non-hydrogen) atoms. The van der Waals surface area contributed by atoms with Crippen LogP contribution in [0, 0.1) is 5.92 Å². The van der Waals surface area contributed by atoms with E-state index in [1.165, 1.54) is 24.3 Å². The minimum Gasteiger partial charge on any atom is -0.435 e. The summed E-state index contributed by atoms with van der Waals surface area (Å²) in [5.41, 5.74) is 0.499. The van der Waals surface area contributed by atoms with E-state index in [9.17, 15) is 22.3 Å². The number of aliphatic hydroxyl groups is 1. The summed E-state index contributed by atoms with van der Waals surface area (Å²) < 4.78 is 55.4. The molecule has 2 rings (SSSR count). The average molecular weight is 576 g/mol. The van der Waals surface area contributed by atoms with Gasteiger partial charge >= 0.3 is 6.61 Å². The van der Waals surface area contributed by atoms with Crippen molar-refractivity contribution in [2.75, 3.05) is 31.9 Å². The molecule has 1 unspecified atom stereocenters. The molecule has 0 amide bonds. The van der Waals surface area contributed by atoms with Gasteiger partial charge < -0.3 is 20.5 Å². The minimum atomic E-state index is -3.36. The van der Waals surface area contributed by atoms with Crippen molar-refractivity contribution < 1.29 is 27.0 Å². The van der Waals surface area contributed by atoms with E-state index in [1.807, 2.05) is 6.92 Å². The second-order valence-electron chi connectivity index (χ2n) is 7.07. The van der Waals surface area contributed by atoms with Gasteiger partial charge in [0.1, 0.15) is 5.75 Å². The first kappa shape index (κ1) is 27.8. The average Bonchev–Trinajstić information content (AvgIpc) is 2.64. The second-order valence-corrected chi connectivity index (χ2v) is 9.00. The summed E-state index contributed by atoms with van der Waals surface area (Å²) in [6.07, 6.45) is 2.36. The Kier molecular flexibility index (Phi) is 12.6. The normalized spacial score (nSPS) is 15.7. The molecule has 1 aromatic carbocycles. The van der Waals surface area contributed by atoms with Gasteiger partial charge in [0, 0.05) is 19.6 Å². The number of guanidine groups is 1. The number of alkyl halides is 2. The van der Waals surface area contributed by atoms with Crippen molar-refractivity contribution in [2.45, 2.75) is 38.9 Å². The molecule has 0 spiro atoms. The molecule has 0 heterocycles. The number of ether oxygens (including phenoxy) is 1. The van der Waals surface area contributed by atoms with Crippen LogP contribution >= 0.6 is 24.0 Å². The molecule has 0 saturated heterocycles. The van der Waals surface area contributed by atoms with Gasteiger partial charge in [-0.05, 0) is 43.4 Å². The van der Waals surface area contributed by atoms with Gasteiger partial charge in [0.05, 0.1) is 18.4 Å². The van der Waals surface area contributed by atoms with Gasteiger partial charge in [0.2, 0.25) is 10.0 Å². The lowest BCUT2D eigenvalue weighted by molar-refractivity contribution is -0.0498. The van der Waals surface area contributed by atoms with Crippen molar-refractivity contribution in [3.8, 4) is 5.75 Å². The summed E-state index contributed by atoms with van der Waals surface area (Å²) in [7, 11) is -3.36. The fraction of sp³-hybridized carbons (Fsp3) is 0.632. The van der Waals surface area contributed by atoms with Crippen molar-refractivity contribution in [3.05, 3.63) is 29.8 Å². The molecule has 4 N–H and O–H groups in total. The first-order valence-corrected chi connectivity index (χ1v) is 11.7. The van der Waals surface area contributed by atoms with Crippen LogP contribution in [0.15, 0.2) is 29.3 Å². The van der Waals surface area contributed by atoms with Gasteiger partial charge in [0.25, 0.3) is 0 Å². The predicted molar refractivity (Wildman–Crippen MR) is 127 cm³/mol. The van der Waals surface area contributed by atoms with Crippen molar-refractivity contribution in [2.24, 2.45) is 10.9 Å². The summed E-state index contributed by atoms with van der Waals surface area (Å²) in [6, 6.07) is 5.66. The van der Waals surface area contributed by atoms with Crippen molar-refractivity contribution in [3.63, 3.8) is 0 Å². The molecule has 0 radical (unpaired) electrons. The fourth-order valence-corrected chi connectivity index (χ4v) is 3.82. The summed E-state index contributed by atoms with van der Waals surface area (Å²) in [6.45, 7) is 0.194. The molecule has 1 aliphatic rings. The van der Waals surface area contributed by atoms with Crippen LogP contribution in [0.25, 0.3) is 0 Å². The molecule has 8 nitrogen and oxygen atoms in total. The van der Waals surface area contributed by atoms with E-state index in [4.69, 9.17) is 0 Å². The number of hydrogen-bond donors (Lipinski definition) is 4. The summed E-state index contributed by atoms with van der Waals surface area (Å²) in [5, 5.41) is 16.2. The Hall–Kier alpha value is -1.25. The molecule has 1 atom stereocenters. The standard InChI is InChI=1S/C19H30F2N4O4S.HI/c1-2-22-19(23-10-11-30(27,28)25-12-14-4-3-5-14)24-13-17(26)15-6-8-16(9-7-15)29-18(20)21;/h6-9,14,17-18,25-26H,2-5,10-13H2,1H3,(H2,22,23,24);1H. The number of rotatable bonds is 12. The van der Waals surface area contributed by atoms with Crippen LogP contribution in [0.2, 0.25) is 0 Å². The number of aliphatic hydroxyl groups excluding tert-OH is 1. The monoisotopic (exact) mass is 576 g/mol. The molecule has 0 bridgehead atoms. The quantitative estimate of drug-likeness (QED) is 0.173. The zero-order valence-electron chi connectivity index (χ0n) is 17.4. The number of nitrogens with one attached hydrogen (secondary N) is 3. The fourth-order valence-electron chi connectivity index (χ4n) is 2.81. The lowest BCUT2D eigenvalue weighted by Crippen LogP contribution is -2.42. The molecule has 1 aromatic rings. The van der Waals surface area contributed by atoms with E-state index in [2.05, 4.69) is 25.1 Å². The number of halogens is 3. The maximum atomic E-state index is 12.2. The van der Waals surface area contributed by atoms with E-state index < -0.39 is 22.7 Å². The third-order valence-electron chi connectivity index (χ3n) is 4.74. The Bertz CT molecular complexity index is 778. The first-order valence-electron chi connectivity index (χ1n) is 10.0. The van der Waals surface area contributed by atoms with Gasteiger partial charge in [-0.2, -0.15) is 8.78 Å². The lowest BCUT2D eigenvalue weighted by atomic mass is 9.86. The van der Waals surface area contributed by atoms with Crippen LogP contribution in [0.1, 0.15) is 37.9 Å². The number of hydrogen-bond acceptors (Lipinski definition) is 5. The van der Waals surface area contributed by atoms with E-state index >= 15 is 0 Å².